The Morgan fingerprint density at radius 3 is 2.22 bits per heavy atom. The van der Waals surface area contributed by atoms with E-state index in [2.05, 4.69) is 51.7 Å². The Kier molecular flexibility index (Phi) is 6.79. The lowest BCUT2D eigenvalue weighted by atomic mass is 10.0. The SMILES string of the molecule is CC(=O)N1CCN(c2ccc(CCc3ccc(CCNN)cc3)nc2)CC1. The highest BCUT2D eigenvalue weighted by atomic mass is 16.2. The molecule has 1 amide bonds. The molecule has 6 heteroatoms. The van der Waals surface area contributed by atoms with Gasteiger partial charge in [0.15, 0.2) is 0 Å². The summed E-state index contributed by atoms with van der Waals surface area (Å²) < 4.78 is 0. The van der Waals surface area contributed by atoms with Gasteiger partial charge in [-0.25, -0.2) is 0 Å². The first-order valence-corrected chi connectivity index (χ1v) is 9.62. The number of rotatable bonds is 7. The molecule has 1 fully saturated rings. The predicted octanol–water partition coefficient (Wildman–Crippen LogP) is 1.54. The molecule has 144 valence electrons. The molecule has 0 spiro atoms. The van der Waals surface area contributed by atoms with Gasteiger partial charge < -0.3 is 9.80 Å². The summed E-state index contributed by atoms with van der Waals surface area (Å²) in [4.78, 5) is 20.3. The number of hydrazine groups is 1. The van der Waals surface area contributed by atoms with Crippen molar-refractivity contribution in [2.24, 2.45) is 5.84 Å². The van der Waals surface area contributed by atoms with Gasteiger partial charge in [-0.05, 0) is 42.5 Å². The molecule has 27 heavy (non-hydrogen) atoms. The first-order chi connectivity index (χ1) is 13.2. The van der Waals surface area contributed by atoms with E-state index in [-0.39, 0.29) is 5.91 Å². The molecule has 0 saturated carbocycles. The van der Waals surface area contributed by atoms with Crippen molar-refractivity contribution in [2.75, 3.05) is 37.6 Å². The normalized spacial score (nSPS) is 14.4. The molecule has 0 aliphatic carbocycles. The zero-order valence-corrected chi connectivity index (χ0v) is 16.0. The van der Waals surface area contributed by atoms with Crippen molar-refractivity contribution in [1.29, 1.82) is 0 Å². The van der Waals surface area contributed by atoms with E-state index in [0.29, 0.717) is 0 Å². The first-order valence-electron chi connectivity index (χ1n) is 9.62. The highest BCUT2D eigenvalue weighted by Gasteiger charge is 2.18. The maximum absolute atomic E-state index is 11.4. The molecule has 3 rings (SSSR count). The number of piperazine rings is 1. The van der Waals surface area contributed by atoms with E-state index in [0.717, 1.165) is 63.4 Å². The molecular weight excluding hydrogens is 338 g/mol. The Labute approximate surface area is 161 Å². The minimum atomic E-state index is 0.159. The summed E-state index contributed by atoms with van der Waals surface area (Å²) >= 11 is 0. The second kappa shape index (κ2) is 9.48. The van der Waals surface area contributed by atoms with Gasteiger partial charge in [0.2, 0.25) is 5.91 Å². The third kappa shape index (κ3) is 5.52. The fraction of sp³-hybridized carbons (Fsp3) is 0.429. The molecular formula is C21H29N5O. The second-order valence-electron chi connectivity index (χ2n) is 7.02. The van der Waals surface area contributed by atoms with Crippen LogP contribution in [-0.4, -0.2) is 48.5 Å². The minimum absolute atomic E-state index is 0.159. The van der Waals surface area contributed by atoms with Gasteiger partial charge in [0, 0.05) is 45.3 Å². The van der Waals surface area contributed by atoms with E-state index in [1.165, 1.54) is 11.1 Å². The summed E-state index contributed by atoms with van der Waals surface area (Å²) in [6.07, 6.45) is 4.82. The number of anilines is 1. The molecule has 1 aromatic carbocycles. The number of hydrogen-bond donors (Lipinski definition) is 2. The summed E-state index contributed by atoms with van der Waals surface area (Å²) in [6, 6.07) is 13.0. The van der Waals surface area contributed by atoms with Crippen molar-refractivity contribution in [3.63, 3.8) is 0 Å². The summed E-state index contributed by atoms with van der Waals surface area (Å²) in [6.45, 7) is 5.73. The van der Waals surface area contributed by atoms with Crippen LogP contribution in [0.2, 0.25) is 0 Å². The molecule has 1 aromatic heterocycles. The fourth-order valence-electron chi connectivity index (χ4n) is 3.39. The van der Waals surface area contributed by atoms with Crippen LogP contribution in [0.25, 0.3) is 0 Å². The van der Waals surface area contributed by atoms with E-state index in [4.69, 9.17) is 5.84 Å². The van der Waals surface area contributed by atoms with Gasteiger partial charge in [-0.2, -0.15) is 0 Å². The maximum Gasteiger partial charge on any atom is 0.219 e. The number of carbonyl (C=O) groups excluding carboxylic acids is 1. The third-order valence-electron chi connectivity index (χ3n) is 5.15. The first kappa shape index (κ1) is 19.3. The largest absolute Gasteiger partial charge is 0.367 e. The van der Waals surface area contributed by atoms with Crippen molar-refractivity contribution in [2.45, 2.75) is 26.2 Å². The zero-order valence-electron chi connectivity index (χ0n) is 16.0. The number of nitrogens with two attached hydrogens (primary N) is 1. The number of nitrogens with zero attached hydrogens (tertiary/aromatic N) is 3. The molecule has 0 atom stereocenters. The van der Waals surface area contributed by atoms with Crippen LogP contribution < -0.4 is 16.2 Å². The van der Waals surface area contributed by atoms with Crippen LogP contribution in [0.15, 0.2) is 42.6 Å². The Balaban J connectivity index is 1.48. The minimum Gasteiger partial charge on any atom is -0.367 e. The molecule has 6 nitrogen and oxygen atoms in total. The Morgan fingerprint density at radius 1 is 1.00 bits per heavy atom. The number of nitrogens with one attached hydrogen (secondary N) is 1. The van der Waals surface area contributed by atoms with Crippen LogP contribution in [0.3, 0.4) is 0 Å². The highest BCUT2D eigenvalue weighted by molar-refractivity contribution is 5.73. The predicted molar refractivity (Wildman–Crippen MR) is 108 cm³/mol. The Bertz CT molecular complexity index is 721. The van der Waals surface area contributed by atoms with Gasteiger partial charge in [-0.15, -0.1) is 0 Å². The number of aryl methyl sites for hydroxylation is 2. The molecule has 1 aliphatic rings. The number of pyridine rings is 1. The van der Waals surface area contributed by atoms with Gasteiger partial charge in [0.05, 0.1) is 11.9 Å². The number of benzene rings is 1. The van der Waals surface area contributed by atoms with Gasteiger partial charge in [0.25, 0.3) is 0 Å². The summed E-state index contributed by atoms with van der Waals surface area (Å²) in [5.41, 5.74) is 7.55. The Morgan fingerprint density at radius 2 is 1.67 bits per heavy atom. The molecule has 0 unspecified atom stereocenters. The van der Waals surface area contributed by atoms with Crippen molar-refractivity contribution in [3.8, 4) is 0 Å². The molecule has 0 radical (unpaired) electrons. The van der Waals surface area contributed by atoms with Gasteiger partial charge in [-0.1, -0.05) is 24.3 Å². The van der Waals surface area contributed by atoms with Gasteiger partial charge in [0.1, 0.15) is 0 Å². The van der Waals surface area contributed by atoms with E-state index in [9.17, 15) is 4.79 Å². The van der Waals surface area contributed by atoms with Crippen LogP contribution in [0.4, 0.5) is 5.69 Å². The topological polar surface area (TPSA) is 74.5 Å². The monoisotopic (exact) mass is 367 g/mol. The quantitative estimate of drug-likeness (QED) is 0.574. The van der Waals surface area contributed by atoms with E-state index in [1.807, 2.05) is 11.1 Å². The van der Waals surface area contributed by atoms with E-state index >= 15 is 0 Å². The van der Waals surface area contributed by atoms with Gasteiger partial charge >= 0.3 is 0 Å². The molecule has 0 bridgehead atoms. The number of aromatic nitrogens is 1. The van der Waals surface area contributed by atoms with Crippen LogP contribution in [0.5, 0.6) is 0 Å². The standard InChI is InChI=1S/C21H29N5O/c1-17(27)25-12-14-26(15-13-25)21-9-8-20(23-16-21)7-6-18-2-4-19(5-3-18)10-11-24-22/h2-5,8-9,16,24H,6-7,10-15,22H2,1H3. The summed E-state index contributed by atoms with van der Waals surface area (Å²) in [5, 5.41) is 0. The molecule has 1 aliphatic heterocycles. The lowest BCUT2D eigenvalue weighted by molar-refractivity contribution is -0.129. The Hall–Kier alpha value is -2.44. The average Bonchev–Trinajstić information content (AvgIpc) is 2.72. The lowest BCUT2D eigenvalue weighted by Gasteiger charge is -2.35. The number of amides is 1. The number of hydrogen-bond acceptors (Lipinski definition) is 5. The van der Waals surface area contributed by atoms with Crippen LogP contribution in [-0.2, 0) is 24.1 Å². The number of carbonyl (C=O) groups is 1. The van der Waals surface area contributed by atoms with Crippen molar-refractivity contribution in [1.82, 2.24) is 15.3 Å². The average molecular weight is 367 g/mol. The van der Waals surface area contributed by atoms with Crippen molar-refractivity contribution >= 4 is 11.6 Å². The van der Waals surface area contributed by atoms with E-state index in [1.54, 1.807) is 6.92 Å². The molecule has 2 heterocycles. The second-order valence-corrected chi connectivity index (χ2v) is 7.02. The van der Waals surface area contributed by atoms with Crippen LogP contribution >= 0.6 is 0 Å². The zero-order chi connectivity index (χ0) is 19.1. The van der Waals surface area contributed by atoms with Crippen molar-refractivity contribution < 1.29 is 4.79 Å². The summed E-state index contributed by atoms with van der Waals surface area (Å²) in [5.74, 6) is 5.48. The molecule has 3 N–H and O–H groups in total. The smallest absolute Gasteiger partial charge is 0.219 e. The molecule has 1 saturated heterocycles. The van der Waals surface area contributed by atoms with Gasteiger partial charge in [-0.3, -0.25) is 21.0 Å². The van der Waals surface area contributed by atoms with Crippen LogP contribution in [0, 0.1) is 0 Å². The fourth-order valence-corrected chi connectivity index (χ4v) is 3.39. The lowest BCUT2D eigenvalue weighted by Crippen LogP contribution is -2.48. The van der Waals surface area contributed by atoms with Crippen molar-refractivity contribution in [3.05, 3.63) is 59.4 Å². The van der Waals surface area contributed by atoms with Crippen LogP contribution in [0.1, 0.15) is 23.7 Å². The summed E-state index contributed by atoms with van der Waals surface area (Å²) in [7, 11) is 0. The van der Waals surface area contributed by atoms with E-state index < -0.39 is 0 Å². The highest BCUT2D eigenvalue weighted by Crippen LogP contribution is 2.17. The maximum atomic E-state index is 11.4. The molecule has 2 aromatic rings. The third-order valence-corrected chi connectivity index (χ3v) is 5.15.